The van der Waals surface area contributed by atoms with Crippen molar-refractivity contribution in [3.63, 3.8) is 0 Å². The van der Waals surface area contributed by atoms with Gasteiger partial charge in [0.05, 0.1) is 0 Å². The van der Waals surface area contributed by atoms with Crippen LogP contribution in [0, 0.1) is 5.92 Å². The molecule has 3 rings (SSSR count). The largest absolute Gasteiger partial charge is 0.294 e. The van der Waals surface area contributed by atoms with Crippen molar-refractivity contribution in [2.24, 2.45) is 13.0 Å². The molecule has 1 heterocycles. The summed E-state index contributed by atoms with van der Waals surface area (Å²) in [5.74, 6) is 1.18. The van der Waals surface area contributed by atoms with Crippen LogP contribution >= 0.6 is 0 Å². The number of rotatable bonds is 2. The van der Waals surface area contributed by atoms with E-state index in [1.807, 2.05) is 25.2 Å². The Morgan fingerprint density at radius 1 is 1.37 bits per heavy atom. The van der Waals surface area contributed by atoms with Crippen LogP contribution in [0.25, 0.3) is 0 Å². The highest BCUT2D eigenvalue weighted by Crippen LogP contribution is 2.26. The molecule has 1 aromatic carbocycles. The summed E-state index contributed by atoms with van der Waals surface area (Å²) in [6.07, 6.45) is 5.22. The van der Waals surface area contributed by atoms with Gasteiger partial charge >= 0.3 is 0 Å². The van der Waals surface area contributed by atoms with Crippen LogP contribution in [0.3, 0.4) is 0 Å². The van der Waals surface area contributed by atoms with Crippen molar-refractivity contribution >= 4 is 5.78 Å². The van der Waals surface area contributed by atoms with Crippen molar-refractivity contribution in [1.29, 1.82) is 0 Å². The predicted octanol–water partition coefficient (Wildman–Crippen LogP) is 2.19. The van der Waals surface area contributed by atoms with Crippen molar-refractivity contribution in [2.45, 2.75) is 25.7 Å². The quantitative estimate of drug-likeness (QED) is 0.773. The summed E-state index contributed by atoms with van der Waals surface area (Å²) in [4.78, 5) is 16.8. The van der Waals surface area contributed by atoms with Gasteiger partial charge in [0.2, 0.25) is 0 Å². The van der Waals surface area contributed by atoms with E-state index in [-0.39, 0.29) is 11.7 Å². The van der Waals surface area contributed by atoms with Gasteiger partial charge in [-0.05, 0) is 24.8 Å². The van der Waals surface area contributed by atoms with Crippen molar-refractivity contribution < 1.29 is 4.79 Å². The molecule has 0 N–H and O–H groups in total. The lowest BCUT2D eigenvalue weighted by Gasteiger charge is -2.12. The SMILES string of the molecule is Cn1ncnc1CC1CCCc2ccccc2C1=O. The first kappa shape index (κ1) is 12.1. The Balaban J connectivity index is 1.88. The number of Topliss-reactive ketones (excluding diaryl/α,β-unsaturated/α-hetero) is 1. The molecule has 2 aromatic rings. The first-order valence-corrected chi connectivity index (χ1v) is 6.70. The molecule has 0 saturated carbocycles. The molecule has 0 fully saturated rings. The number of aryl methyl sites for hydroxylation is 2. The van der Waals surface area contributed by atoms with Gasteiger partial charge in [0, 0.05) is 24.9 Å². The highest BCUT2D eigenvalue weighted by Gasteiger charge is 2.26. The van der Waals surface area contributed by atoms with Gasteiger partial charge in [-0.25, -0.2) is 4.98 Å². The third kappa shape index (κ3) is 2.30. The molecule has 4 nitrogen and oxygen atoms in total. The van der Waals surface area contributed by atoms with Crippen LogP contribution in [0.1, 0.15) is 34.6 Å². The minimum Gasteiger partial charge on any atom is -0.294 e. The van der Waals surface area contributed by atoms with E-state index in [0.717, 1.165) is 30.7 Å². The van der Waals surface area contributed by atoms with Crippen molar-refractivity contribution in [1.82, 2.24) is 14.8 Å². The third-order valence-corrected chi connectivity index (χ3v) is 3.89. The number of aromatic nitrogens is 3. The number of fused-ring (bicyclic) bond motifs is 1. The lowest BCUT2D eigenvalue weighted by molar-refractivity contribution is 0.0913. The maximum atomic E-state index is 12.6. The summed E-state index contributed by atoms with van der Waals surface area (Å²) in [5, 5.41) is 4.07. The van der Waals surface area contributed by atoms with E-state index in [1.165, 1.54) is 5.56 Å². The fourth-order valence-electron chi connectivity index (χ4n) is 2.79. The molecule has 0 saturated heterocycles. The zero-order valence-corrected chi connectivity index (χ0v) is 11.0. The lowest BCUT2D eigenvalue weighted by atomic mass is 9.92. The number of carbonyl (C=O) groups excluding carboxylic acids is 1. The third-order valence-electron chi connectivity index (χ3n) is 3.89. The first-order valence-electron chi connectivity index (χ1n) is 6.70. The summed E-state index contributed by atoms with van der Waals surface area (Å²) in [6.45, 7) is 0. The normalized spacial score (nSPS) is 19.0. The smallest absolute Gasteiger partial charge is 0.166 e. The maximum absolute atomic E-state index is 12.6. The number of carbonyl (C=O) groups is 1. The van der Waals surface area contributed by atoms with Gasteiger partial charge in [0.1, 0.15) is 12.2 Å². The number of hydrogen-bond donors (Lipinski definition) is 0. The molecule has 1 aliphatic carbocycles. The molecular formula is C15H17N3O. The molecule has 98 valence electrons. The van der Waals surface area contributed by atoms with Crippen LogP contribution in [0.5, 0.6) is 0 Å². The summed E-state index contributed by atoms with van der Waals surface area (Å²) < 4.78 is 1.75. The molecule has 0 bridgehead atoms. The highest BCUT2D eigenvalue weighted by atomic mass is 16.1. The Kier molecular flexibility index (Phi) is 3.15. The van der Waals surface area contributed by atoms with Gasteiger partial charge in [0.25, 0.3) is 0 Å². The van der Waals surface area contributed by atoms with Crippen LogP contribution in [-0.2, 0) is 19.9 Å². The summed E-state index contributed by atoms with van der Waals surface area (Å²) in [6, 6.07) is 7.97. The first-order chi connectivity index (χ1) is 9.25. The highest BCUT2D eigenvalue weighted by molar-refractivity contribution is 5.99. The van der Waals surface area contributed by atoms with Gasteiger partial charge < -0.3 is 0 Å². The van der Waals surface area contributed by atoms with E-state index >= 15 is 0 Å². The van der Waals surface area contributed by atoms with Crippen LogP contribution in [-0.4, -0.2) is 20.5 Å². The fourth-order valence-corrected chi connectivity index (χ4v) is 2.79. The second-order valence-corrected chi connectivity index (χ2v) is 5.11. The standard InChI is InChI=1S/C15H17N3O/c1-18-14(16-10-17-18)9-12-7-4-6-11-5-2-3-8-13(11)15(12)19/h2-3,5,8,10,12H,4,6-7,9H2,1H3. The monoisotopic (exact) mass is 255 g/mol. The Morgan fingerprint density at radius 2 is 2.21 bits per heavy atom. The molecule has 1 aromatic heterocycles. The van der Waals surface area contributed by atoms with E-state index in [0.29, 0.717) is 6.42 Å². The van der Waals surface area contributed by atoms with Gasteiger partial charge in [0.15, 0.2) is 5.78 Å². The summed E-state index contributed by atoms with van der Waals surface area (Å²) >= 11 is 0. The molecule has 0 aliphatic heterocycles. The molecule has 4 heteroatoms. The molecule has 19 heavy (non-hydrogen) atoms. The van der Waals surface area contributed by atoms with E-state index in [4.69, 9.17) is 0 Å². The van der Waals surface area contributed by atoms with Crippen molar-refractivity contribution in [3.8, 4) is 0 Å². The molecular weight excluding hydrogens is 238 g/mol. The minimum atomic E-state index is 0.0338. The van der Waals surface area contributed by atoms with Crippen LogP contribution < -0.4 is 0 Å². The van der Waals surface area contributed by atoms with Gasteiger partial charge in [-0.1, -0.05) is 24.3 Å². The molecule has 0 radical (unpaired) electrons. The summed E-state index contributed by atoms with van der Waals surface area (Å²) in [7, 11) is 1.87. The molecule has 1 atom stereocenters. The van der Waals surface area contributed by atoms with E-state index in [2.05, 4.69) is 16.1 Å². The topological polar surface area (TPSA) is 47.8 Å². The number of nitrogens with zero attached hydrogens (tertiary/aromatic N) is 3. The lowest BCUT2D eigenvalue weighted by Crippen LogP contribution is -2.18. The zero-order valence-electron chi connectivity index (χ0n) is 11.0. The summed E-state index contributed by atoms with van der Waals surface area (Å²) in [5.41, 5.74) is 2.08. The Bertz CT molecular complexity index is 603. The van der Waals surface area contributed by atoms with Crippen molar-refractivity contribution in [2.75, 3.05) is 0 Å². The Hall–Kier alpha value is -1.97. The van der Waals surface area contributed by atoms with Crippen LogP contribution in [0.15, 0.2) is 30.6 Å². The van der Waals surface area contributed by atoms with Crippen LogP contribution in [0.2, 0.25) is 0 Å². The van der Waals surface area contributed by atoms with E-state index in [9.17, 15) is 4.79 Å². The Morgan fingerprint density at radius 3 is 3.00 bits per heavy atom. The fraction of sp³-hybridized carbons (Fsp3) is 0.400. The predicted molar refractivity (Wildman–Crippen MR) is 71.9 cm³/mol. The molecule has 0 amide bonds. The minimum absolute atomic E-state index is 0.0338. The maximum Gasteiger partial charge on any atom is 0.166 e. The van der Waals surface area contributed by atoms with Gasteiger partial charge in [-0.2, -0.15) is 5.10 Å². The number of ketones is 1. The van der Waals surface area contributed by atoms with E-state index < -0.39 is 0 Å². The second kappa shape index (κ2) is 4.96. The average molecular weight is 255 g/mol. The van der Waals surface area contributed by atoms with Crippen LogP contribution in [0.4, 0.5) is 0 Å². The zero-order chi connectivity index (χ0) is 13.2. The Labute approximate surface area is 112 Å². The average Bonchev–Trinajstić information content (AvgIpc) is 2.75. The number of benzene rings is 1. The van der Waals surface area contributed by atoms with Gasteiger partial charge in [-0.15, -0.1) is 0 Å². The van der Waals surface area contributed by atoms with Crippen molar-refractivity contribution in [3.05, 3.63) is 47.5 Å². The number of hydrogen-bond acceptors (Lipinski definition) is 3. The molecule has 1 aliphatic rings. The van der Waals surface area contributed by atoms with Gasteiger partial charge in [-0.3, -0.25) is 9.48 Å². The van der Waals surface area contributed by atoms with E-state index in [1.54, 1.807) is 11.0 Å². The molecule has 0 spiro atoms. The second-order valence-electron chi connectivity index (χ2n) is 5.11. The molecule has 1 unspecified atom stereocenters.